The summed E-state index contributed by atoms with van der Waals surface area (Å²) >= 11 is 0. The second-order valence-corrected chi connectivity index (χ2v) is 5.97. The van der Waals surface area contributed by atoms with E-state index in [1.54, 1.807) is 0 Å². The zero-order valence-electron chi connectivity index (χ0n) is 12.4. The molecule has 5 nitrogen and oxygen atoms in total. The van der Waals surface area contributed by atoms with E-state index in [2.05, 4.69) is 11.2 Å². The van der Waals surface area contributed by atoms with E-state index in [9.17, 15) is 4.79 Å². The lowest BCUT2D eigenvalue weighted by Gasteiger charge is -2.24. The highest BCUT2D eigenvalue weighted by Gasteiger charge is 2.31. The van der Waals surface area contributed by atoms with Crippen molar-refractivity contribution < 1.29 is 9.53 Å². The molecule has 2 aromatic rings. The molecule has 1 aromatic heterocycles. The van der Waals surface area contributed by atoms with Crippen molar-refractivity contribution in [2.75, 3.05) is 12.3 Å². The Balaban J connectivity index is 1.73. The third-order valence-electron chi connectivity index (χ3n) is 4.62. The summed E-state index contributed by atoms with van der Waals surface area (Å²) in [7, 11) is 0. The minimum atomic E-state index is -0.603. The van der Waals surface area contributed by atoms with E-state index in [4.69, 9.17) is 10.5 Å². The van der Waals surface area contributed by atoms with Crippen LogP contribution in [0, 0.1) is 0 Å². The van der Waals surface area contributed by atoms with Crippen LogP contribution in [0.4, 0.5) is 5.82 Å². The molecule has 0 fully saturated rings. The zero-order valence-corrected chi connectivity index (χ0v) is 12.4. The molecule has 1 unspecified atom stereocenters. The number of hydrogen-bond donors (Lipinski definition) is 1. The van der Waals surface area contributed by atoms with Gasteiger partial charge in [-0.3, -0.25) is 4.79 Å². The van der Waals surface area contributed by atoms with Gasteiger partial charge in [-0.05, 0) is 43.2 Å². The van der Waals surface area contributed by atoms with Gasteiger partial charge in [0.05, 0.1) is 12.3 Å². The van der Waals surface area contributed by atoms with Crippen LogP contribution in [0.2, 0.25) is 0 Å². The lowest BCUT2D eigenvalue weighted by atomic mass is 9.97. The molecule has 1 aliphatic heterocycles. The second kappa shape index (κ2) is 5.25. The fourth-order valence-corrected chi connectivity index (χ4v) is 3.46. The van der Waals surface area contributed by atoms with Gasteiger partial charge in [0.2, 0.25) is 0 Å². The van der Waals surface area contributed by atoms with E-state index in [1.807, 2.05) is 18.2 Å². The molecule has 0 saturated carbocycles. The van der Waals surface area contributed by atoms with Crippen LogP contribution < -0.4 is 5.73 Å². The highest BCUT2D eigenvalue weighted by Crippen LogP contribution is 2.31. The topological polar surface area (TPSA) is 70.1 Å². The van der Waals surface area contributed by atoms with E-state index in [-0.39, 0.29) is 5.91 Å². The second-order valence-electron chi connectivity index (χ2n) is 5.97. The quantitative estimate of drug-likeness (QED) is 0.877. The van der Waals surface area contributed by atoms with Gasteiger partial charge in [0.25, 0.3) is 5.91 Å². The number of aryl methyl sites for hydroxylation is 1. The van der Waals surface area contributed by atoms with E-state index >= 15 is 0 Å². The van der Waals surface area contributed by atoms with Gasteiger partial charge in [-0.1, -0.05) is 24.3 Å². The molecule has 0 amide bonds. The molecule has 0 saturated heterocycles. The third-order valence-corrected chi connectivity index (χ3v) is 4.62. The molecule has 22 heavy (non-hydrogen) atoms. The van der Waals surface area contributed by atoms with Gasteiger partial charge in [-0.25, -0.2) is 0 Å². The van der Waals surface area contributed by atoms with Crippen LogP contribution >= 0.6 is 0 Å². The van der Waals surface area contributed by atoms with Crippen LogP contribution in [0.3, 0.4) is 0 Å². The zero-order chi connectivity index (χ0) is 15.1. The fraction of sp³-hybridized carbons (Fsp3) is 0.412. The first-order valence-corrected chi connectivity index (χ1v) is 7.85. The molecule has 4 rings (SSSR count). The fourth-order valence-electron chi connectivity index (χ4n) is 3.46. The Kier molecular flexibility index (Phi) is 3.22. The van der Waals surface area contributed by atoms with Gasteiger partial charge >= 0.3 is 0 Å². The van der Waals surface area contributed by atoms with Crippen molar-refractivity contribution in [2.45, 2.75) is 38.2 Å². The van der Waals surface area contributed by atoms with Crippen molar-refractivity contribution in [3.05, 3.63) is 46.6 Å². The number of aromatic nitrogens is 2. The average molecular weight is 297 g/mol. The van der Waals surface area contributed by atoms with Crippen LogP contribution in [0.5, 0.6) is 0 Å². The van der Waals surface area contributed by atoms with Crippen molar-refractivity contribution in [1.29, 1.82) is 0 Å². The number of fused-ring (bicyclic) bond motifs is 2. The summed E-state index contributed by atoms with van der Waals surface area (Å²) in [5.41, 5.74) is 10.3. The number of carbonyl (C=O) groups excluding carboxylic acids is 1. The largest absolute Gasteiger partial charge is 0.383 e. The number of hydrogen-bond acceptors (Lipinski definition) is 4. The molecule has 1 aromatic carbocycles. The van der Waals surface area contributed by atoms with Crippen LogP contribution in [0.1, 0.15) is 46.1 Å². The van der Waals surface area contributed by atoms with Crippen molar-refractivity contribution in [1.82, 2.24) is 9.78 Å². The maximum atomic E-state index is 12.9. The van der Waals surface area contributed by atoms with Crippen LogP contribution in [0.25, 0.3) is 0 Å². The number of nitrogens with two attached hydrogens (primary N) is 1. The van der Waals surface area contributed by atoms with Crippen molar-refractivity contribution in [3.8, 4) is 0 Å². The van der Waals surface area contributed by atoms with Gasteiger partial charge in [-0.2, -0.15) is 9.78 Å². The molecular formula is C17H19N3O2. The molecule has 2 heterocycles. The van der Waals surface area contributed by atoms with E-state index in [0.717, 1.165) is 48.9 Å². The van der Waals surface area contributed by atoms with Crippen molar-refractivity contribution in [2.24, 2.45) is 0 Å². The molecular weight excluding hydrogens is 278 g/mol. The lowest BCUT2D eigenvalue weighted by molar-refractivity contribution is 0.0261. The first kappa shape index (κ1) is 13.5. The van der Waals surface area contributed by atoms with E-state index < -0.39 is 6.10 Å². The number of rotatable bonds is 1. The van der Waals surface area contributed by atoms with Gasteiger partial charge in [-0.15, -0.1) is 0 Å². The highest BCUT2D eigenvalue weighted by atomic mass is 16.5. The summed E-state index contributed by atoms with van der Waals surface area (Å²) in [6, 6.07) is 7.93. The Hall–Kier alpha value is -2.14. The first-order chi connectivity index (χ1) is 10.8. The molecule has 0 bridgehead atoms. The SMILES string of the molecule is Nc1c2c(nn1C(=O)C1OCCc3ccccc31)CCCC2. The smallest absolute Gasteiger partial charge is 0.282 e. The minimum Gasteiger partial charge on any atom is -0.383 e. The molecule has 0 spiro atoms. The molecule has 2 aliphatic rings. The summed E-state index contributed by atoms with van der Waals surface area (Å²) < 4.78 is 7.11. The number of nitrogens with zero attached hydrogens (tertiary/aromatic N) is 2. The summed E-state index contributed by atoms with van der Waals surface area (Å²) in [6.45, 7) is 0.550. The highest BCUT2D eigenvalue weighted by molar-refractivity contribution is 5.87. The maximum absolute atomic E-state index is 12.9. The van der Waals surface area contributed by atoms with Gasteiger partial charge < -0.3 is 10.5 Å². The predicted octanol–water partition coefficient (Wildman–Crippen LogP) is 2.30. The number of carbonyl (C=O) groups is 1. The van der Waals surface area contributed by atoms with Crippen molar-refractivity contribution >= 4 is 11.7 Å². The molecule has 5 heteroatoms. The molecule has 1 aliphatic carbocycles. The molecule has 2 N–H and O–H groups in total. The standard InChI is InChI=1S/C17H19N3O2/c18-16-13-7-3-4-8-14(13)19-20(16)17(21)15-12-6-2-1-5-11(12)9-10-22-15/h1-2,5-6,15H,3-4,7-10,18H2. The van der Waals surface area contributed by atoms with Crippen LogP contribution in [-0.2, 0) is 24.0 Å². The number of ether oxygens (including phenoxy) is 1. The summed E-state index contributed by atoms with van der Waals surface area (Å²) in [6.07, 6.45) is 4.28. The lowest BCUT2D eigenvalue weighted by Crippen LogP contribution is -2.29. The Morgan fingerprint density at radius 3 is 2.91 bits per heavy atom. The van der Waals surface area contributed by atoms with Gasteiger partial charge in [0.15, 0.2) is 6.10 Å². The average Bonchev–Trinajstić information content (AvgIpc) is 2.91. The molecule has 0 radical (unpaired) electrons. The van der Waals surface area contributed by atoms with Gasteiger partial charge in [0, 0.05) is 5.56 Å². The number of benzene rings is 1. The summed E-state index contributed by atoms with van der Waals surface area (Å²) in [5.74, 6) is 0.311. The van der Waals surface area contributed by atoms with Crippen LogP contribution in [-0.4, -0.2) is 22.3 Å². The summed E-state index contributed by atoms with van der Waals surface area (Å²) in [4.78, 5) is 12.9. The van der Waals surface area contributed by atoms with E-state index in [0.29, 0.717) is 12.4 Å². The maximum Gasteiger partial charge on any atom is 0.282 e. The van der Waals surface area contributed by atoms with Crippen molar-refractivity contribution in [3.63, 3.8) is 0 Å². The normalized spacial score (nSPS) is 20.3. The number of nitrogen functional groups attached to an aromatic ring is 1. The predicted molar refractivity (Wildman–Crippen MR) is 82.7 cm³/mol. The Morgan fingerprint density at radius 2 is 2.05 bits per heavy atom. The number of anilines is 1. The third kappa shape index (κ3) is 2.04. The Morgan fingerprint density at radius 1 is 1.23 bits per heavy atom. The molecule has 1 atom stereocenters. The Labute approximate surface area is 129 Å². The molecule has 114 valence electrons. The monoisotopic (exact) mass is 297 g/mol. The summed E-state index contributed by atoms with van der Waals surface area (Å²) in [5, 5.41) is 4.46. The van der Waals surface area contributed by atoms with Gasteiger partial charge in [0.1, 0.15) is 5.82 Å². The Bertz CT molecular complexity index is 736. The van der Waals surface area contributed by atoms with Crippen LogP contribution in [0.15, 0.2) is 24.3 Å². The first-order valence-electron chi connectivity index (χ1n) is 7.85. The van der Waals surface area contributed by atoms with E-state index in [1.165, 1.54) is 10.2 Å². The minimum absolute atomic E-state index is 0.181.